The predicted molar refractivity (Wildman–Crippen MR) is 178 cm³/mol. The lowest BCUT2D eigenvalue weighted by molar-refractivity contribution is 0.0508. The van der Waals surface area contributed by atoms with E-state index in [-0.39, 0.29) is 23.8 Å². The third-order valence-corrected chi connectivity index (χ3v) is 8.06. The second-order valence-corrected chi connectivity index (χ2v) is 13.0. The van der Waals surface area contributed by atoms with Crippen molar-refractivity contribution < 1.29 is 23.2 Å². The number of amides is 2. The first-order valence-electron chi connectivity index (χ1n) is 16.6. The van der Waals surface area contributed by atoms with Crippen molar-refractivity contribution in [2.75, 3.05) is 43.0 Å². The summed E-state index contributed by atoms with van der Waals surface area (Å²) >= 11 is 0. The molecule has 0 bridgehead atoms. The standard InChI is InChI=1S/C25H36N8O4.C7H7F.C2H6/c1-25(2,3)36-24(35)28-18-7-10-33(15-18)22-26-13-17(14-27-22)21(34)31(4)19-8-11-32(12-9-19)23-29-20(30-37-23)16-5-6-16;1-6-2-4-7(8)5-3-6;1-2/h13-14,16,18-19H,5-12,15H2,1-4H3,(H,28,35);2-5H,1H3;1-2H3. The smallest absolute Gasteiger partial charge is 0.407 e. The first-order valence-corrected chi connectivity index (χ1v) is 16.6. The molecule has 1 unspecified atom stereocenters. The number of carbonyl (C=O) groups excluding carboxylic acids is 2. The summed E-state index contributed by atoms with van der Waals surface area (Å²) in [6.07, 6.45) is 7.45. The molecule has 1 N–H and O–H groups in total. The van der Waals surface area contributed by atoms with Crippen LogP contribution < -0.4 is 15.1 Å². The molecule has 6 rings (SSSR count). The second kappa shape index (κ2) is 16.0. The Balaban J connectivity index is 0.000000433. The maximum Gasteiger partial charge on any atom is 0.407 e. The van der Waals surface area contributed by atoms with E-state index in [1.165, 1.54) is 12.1 Å². The van der Waals surface area contributed by atoms with Gasteiger partial charge in [-0.25, -0.2) is 19.2 Å². The summed E-state index contributed by atoms with van der Waals surface area (Å²) in [4.78, 5) is 44.5. The lowest BCUT2D eigenvalue weighted by atomic mass is 10.0. The highest BCUT2D eigenvalue weighted by atomic mass is 19.1. The molecule has 47 heavy (non-hydrogen) atoms. The Bertz CT molecular complexity index is 1410. The molecule has 3 fully saturated rings. The van der Waals surface area contributed by atoms with Gasteiger partial charge in [-0.05, 0) is 71.9 Å². The van der Waals surface area contributed by atoms with Crippen molar-refractivity contribution in [3.63, 3.8) is 0 Å². The van der Waals surface area contributed by atoms with Gasteiger partial charge in [0.05, 0.1) is 11.6 Å². The van der Waals surface area contributed by atoms with Crippen LogP contribution in [0, 0.1) is 12.7 Å². The highest BCUT2D eigenvalue weighted by molar-refractivity contribution is 5.93. The molecular weight excluding hydrogens is 603 g/mol. The van der Waals surface area contributed by atoms with Crippen molar-refractivity contribution in [3.05, 3.63) is 59.4 Å². The predicted octanol–water partition coefficient (Wildman–Crippen LogP) is 5.74. The molecule has 12 nitrogen and oxygen atoms in total. The lowest BCUT2D eigenvalue weighted by Crippen LogP contribution is -2.45. The van der Waals surface area contributed by atoms with Crippen LogP contribution in [0.4, 0.5) is 21.1 Å². The number of aromatic nitrogens is 4. The number of nitrogens with zero attached hydrogens (tertiary/aromatic N) is 7. The molecule has 1 aromatic carbocycles. The van der Waals surface area contributed by atoms with Crippen molar-refractivity contribution in [1.29, 1.82) is 0 Å². The number of benzene rings is 1. The first-order chi connectivity index (χ1) is 22.4. The van der Waals surface area contributed by atoms with Gasteiger partial charge in [0.15, 0.2) is 5.82 Å². The Hall–Kier alpha value is -4.29. The highest BCUT2D eigenvalue weighted by Crippen LogP contribution is 2.39. The van der Waals surface area contributed by atoms with Gasteiger partial charge < -0.3 is 29.3 Å². The maximum atomic E-state index is 13.1. The lowest BCUT2D eigenvalue weighted by Gasteiger charge is -2.35. The Morgan fingerprint density at radius 3 is 2.17 bits per heavy atom. The molecule has 0 spiro atoms. The van der Waals surface area contributed by atoms with Gasteiger partial charge >= 0.3 is 12.1 Å². The monoisotopic (exact) mass is 652 g/mol. The summed E-state index contributed by atoms with van der Waals surface area (Å²) in [6, 6.07) is 7.07. The van der Waals surface area contributed by atoms with Gasteiger partial charge in [-0.1, -0.05) is 36.7 Å². The fourth-order valence-corrected chi connectivity index (χ4v) is 5.34. The summed E-state index contributed by atoms with van der Waals surface area (Å²) in [7, 11) is 1.84. The van der Waals surface area contributed by atoms with E-state index < -0.39 is 11.7 Å². The van der Waals surface area contributed by atoms with Crippen LogP contribution >= 0.6 is 0 Å². The molecule has 3 aliphatic rings. The summed E-state index contributed by atoms with van der Waals surface area (Å²) in [5.74, 6) is 1.57. The fraction of sp³-hybridized carbons (Fsp3) is 0.588. The van der Waals surface area contributed by atoms with Crippen LogP contribution in [-0.4, -0.2) is 87.9 Å². The Labute approximate surface area is 277 Å². The van der Waals surface area contributed by atoms with Crippen molar-refractivity contribution in [1.82, 2.24) is 30.3 Å². The van der Waals surface area contributed by atoms with Gasteiger partial charge in [0, 0.05) is 57.6 Å². The minimum atomic E-state index is -0.536. The first kappa shape index (κ1) is 35.6. The van der Waals surface area contributed by atoms with Crippen molar-refractivity contribution >= 4 is 24.0 Å². The molecule has 4 heterocycles. The van der Waals surface area contributed by atoms with E-state index in [0.717, 1.165) is 56.6 Å². The minimum Gasteiger partial charge on any atom is -0.444 e. The quantitative estimate of drug-likeness (QED) is 0.352. The van der Waals surface area contributed by atoms with E-state index in [2.05, 4.69) is 30.3 Å². The van der Waals surface area contributed by atoms with Crippen LogP contribution in [0.25, 0.3) is 0 Å². The van der Waals surface area contributed by atoms with Crippen LogP contribution in [0.2, 0.25) is 0 Å². The minimum absolute atomic E-state index is 0.0378. The molecule has 256 valence electrons. The fourth-order valence-electron chi connectivity index (χ4n) is 5.34. The van der Waals surface area contributed by atoms with E-state index in [0.29, 0.717) is 36.5 Å². The van der Waals surface area contributed by atoms with Crippen molar-refractivity contribution in [2.45, 2.75) is 97.2 Å². The van der Waals surface area contributed by atoms with Gasteiger partial charge in [0.1, 0.15) is 11.4 Å². The van der Waals surface area contributed by atoms with Crippen LogP contribution in [0.15, 0.2) is 41.2 Å². The molecule has 0 radical (unpaired) electrons. The average molecular weight is 653 g/mol. The number of anilines is 2. The second-order valence-electron chi connectivity index (χ2n) is 13.0. The van der Waals surface area contributed by atoms with Crippen LogP contribution in [-0.2, 0) is 4.74 Å². The SMILES string of the molecule is CC.CN(C(=O)c1cnc(N2CCC(NC(=O)OC(C)(C)C)C2)nc1)C1CCN(c2nc(C3CC3)no2)CC1.Cc1ccc(F)cc1. The zero-order chi connectivity index (χ0) is 34.1. The van der Waals surface area contributed by atoms with Crippen LogP contribution in [0.1, 0.15) is 94.4 Å². The largest absolute Gasteiger partial charge is 0.444 e. The third kappa shape index (κ3) is 10.4. The molecule has 2 aliphatic heterocycles. The number of alkyl carbamates (subject to hydrolysis) is 1. The van der Waals surface area contributed by atoms with Crippen molar-refractivity contribution in [2.24, 2.45) is 0 Å². The number of nitrogens with one attached hydrogen (secondary N) is 1. The molecule has 1 atom stereocenters. The molecule has 2 aromatic heterocycles. The Morgan fingerprint density at radius 2 is 1.60 bits per heavy atom. The summed E-state index contributed by atoms with van der Waals surface area (Å²) in [5.41, 5.74) is 1.01. The Kier molecular flexibility index (Phi) is 12.1. The van der Waals surface area contributed by atoms with E-state index in [1.54, 1.807) is 29.4 Å². The van der Waals surface area contributed by atoms with Gasteiger partial charge in [0.25, 0.3) is 5.91 Å². The topological polar surface area (TPSA) is 130 Å². The number of hydrogen-bond acceptors (Lipinski definition) is 10. The number of carbonyl (C=O) groups is 2. The highest BCUT2D eigenvalue weighted by Gasteiger charge is 2.32. The molecular formula is C34H49FN8O4. The third-order valence-electron chi connectivity index (χ3n) is 8.06. The number of aryl methyl sites for hydroxylation is 1. The van der Waals surface area contributed by atoms with Gasteiger partial charge in [-0.2, -0.15) is 4.98 Å². The average Bonchev–Trinajstić information content (AvgIpc) is 3.60. The molecule has 1 saturated carbocycles. The number of ether oxygens (including phenoxy) is 1. The zero-order valence-corrected chi connectivity index (χ0v) is 28.7. The van der Waals surface area contributed by atoms with E-state index in [1.807, 2.05) is 53.5 Å². The van der Waals surface area contributed by atoms with Crippen molar-refractivity contribution in [3.8, 4) is 0 Å². The summed E-state index contributed by atoms with van der Waals surface area (Å²) in [6.45, 7) is 14.3. The Morgan fingerprint density at radius 1 is 0.979 bits per heavy atom. The van der Waals surface area contributed by atoms with E-state index >= 15 is 0 Å². The summed E-state index contributed by atoms with van der Waals surface area (Å²) in [5, 5.41) is 7.01. The molecule has 2 saturated heterocycles. The van der Waals surface area contributed by atoms with E-state index in [9.17, 15) is 14.0 Å². The number of piperidine rings is 1. The number of hydrogen-bond donors (Lipinski definition) is 1. The van der Waals surface area contributed by atoms with Crippen LogP contribution in [0.5, 0.6) is 0 Å². The molecule has 3 aromatic rings. The van der Waals surface area contributed by atoms with E-state index in [4.69, 9.17) is 9.26 Å². The molecule has 2 amide bonds. The van der Waals surface area contributed by atoms with Gasteiger partial charge in [-0.3, -0.25) is 4.79 Å². The normalized spacial score (nSPS) is 18.0. The molecule has 1 aliphatic carbocycles. The van der Waals surface area contributed by atoms with Gasteiger partial charge in [0.2, 0.25) is 5.95 Å². The maximum absolute atomic E-state index is 13.1. The zero-order valence-electron chi connectivity index (χ0n) is 28.7. The van der Waals surface area contributed by atoms with Gasteiger partial charge in [-0.15, -0.1) is 0 Å². The van der Waals surface area contributed by atoms with Crippen LogP contribution in [0.3, 0.4) is 0 Å². The number of rotatable bonds is 6. The summed E-state index contributed by atoms with van der Waals surface area (Å²) < 4.78 is 22.9. The number of halogens is 1. The molecule has 13 heteroatoms.